The van der Waals surface area contributed by atoms with E-state index in [0.29, 0.717) is 49.2 Å². The average Bonchev–Trinajstić information content (AvgIpc) is 2.92. The minimum atomic E-state index is -0.425. The number of amides is 1. The summed E-state index contributed by atoms with van der Waals surface area (Å²) >= 11 is 24.9. The number of carbonyl (C=O) groups excluding carboxylic acids is 1. The first kappa shape index (κ1) is 20.7. The van der Waals surface area contributed by atoms with Gasteiger partial charge in [0.15, 0.2) is 0 Å². The van der Waals surface area contributed by atoms with Crippen LogP contribution in [0.5, 0.6) is 0 Å². The Morgan fingerprint density at radius 3 is 2.39 bits per heavy atom. The lowest BCUT2D eigenvalue weighted by Crippen LogP contribution is -2.18. The molecule has 0 atom stereocenters. The molecule has 3 aromatic rings. The molecule has 0 aliphatic heterocycles. The number of aryl methyl sites for hydroxylation is 1. The molecule has 144 valence electrons. The maximum absolute atomic E-state index is 12.2. The van der Waals surface area contributed by atoms with E-state index < -0.39 is 5.91 Å². The Balaban J connectivity index is 1.78. The highest BCUT2D eigenvalue weighted by Gasteiger charge is 2.15. The summed E-state index contributed by atoms with van der Waals surface area (Å²) in [6.45, 7) is 2.09. The van der Waals surface area contributed by atoms with Crippen LogP contribution >= 0.6 is 46.4 Å². The summed E-state index contributed by atoms with van der Waals surface area (Å²) in [4.78, 5) is 12.2. The molecule has 0 saturated heterocycles. The third-order valence-electron chi connectivity index (χ3n) is 3.96. The first-order valence-corrected chi connectivity index (χ1v) is 9.63. The second-order valence-corrected chi connectivity index (χ2v) is 7.41. The molecule has 0 aliphatic carbocycles. The first-order chi connectivity index (χ1) is 13.4. The van der Waals surface area contributed by atoms with E-state index in [0.717, 1.165) is 0 Å². The Bertz CT molecular complexity index is 1040. The lowest BCUT2D eigenvalue weighted by atomic mass is 10.2. The van der Waals surface area contributed by atoms with E-state index in [-0.39, 0.29) is 0 Å². The number of benzene rings is 2. The molecule has 0 unspecified atom stereocenters. The van der Waals surface area contributed by atoms with Gasteiger partial charge >= 0.3 is 0 Å². The van der Waals surface area contributed by atoms with E-state index in [1.54, 1.807) is 54.1 Å². The van der Waals surface area contributed by atoms with Crippen molar-refractivity contribution >= 4 is 58.5 Å². The molecule has 5 nitrogen and oxygen atoms in total. The number of halogens is 4. The summed E-state index contributed by atoms with van der Waals surface area (Å²) in [5, 5.41) is 10.1. The fraction of sp³-hybridized carbons (Fsp3) is 0.105. The number of aromatic nitrogens is 2. The molecule has 1 heterocycles. The molecule has 1 amide bonds. The molecule has 0 spiro atoms. The van der Waals surface area contributed by atoms with Crippen LogP contribution in [0, 0.1) is 6.92 Å². The molecule has 9 heteroatoms. The van der Waals surface area contributed by atoms with Gasteiger partial charge in [0.05, 0.1) is 34.6 Å². The van der Waals surface area contributed by atoms with Crippen LogP contribution in [0.25, 0.3) is 0 Å². The van der Waals surface area contributed by atoms with Crippen LogP contribution in [-0.2, 0) is 6.54 Å². The number of rotatable bonds is 5. The van der Waals surface area contributed by atoms with Crippen molar-refractivity contribution < 1.29 is 4.79 Å². The van der Waals surface area contributed by atoms with E-state index in [4.69, 9.17) is 46.4 Å². The summed E-state index contributed by atoms with van der Waals surface area (Å²) < 4.78 is 1.57. The number of hydrogen-bond acceptors (Lipinski definition) is 3. The summed E-state index contributed by atoms with van der Waals surface area (Å²) in [6.07, 6.45) is 1.43. The standard InChI is InChI=1S/C19H14Cl4N4O/c1-11-13(9-24-25-19(28)12-5-2-3-6-15(12)20)18(23)27(26-11)10-14-16(21)7-4-8-17(14)22/h2-9H,10H2,1H3,(H,25,28)/b24-9+. The third kappa shape index (κ3) is 4.50. The second-order valence-electron chi connectivity index (χ2n) is 5.83. The van der Waals surface area contributed by atoms with Crippen LogP contribution in [0.3, 0.4) is 0 Å². The minimum Gasteiger partial charge on any atom is -0.267 e. The van der Waals surface area contributed by atoms with E-state index in [1.165, 1.54) is 6.21 Å². The van der Waals surface area contributed by atoms with E-state index >= 15 is 0 Å². The Morgan fingerprint density at radius 2 is 1.71 bits per heavy atom. The fourth-order valence-electron chi connectivity index (χ4n) is 2.51. The minimum absolute atomic E-state index is 0.304. The number of hydrogen-bond donors (Lipinski definition) is 1. The Morgan fingerprint density at radius 1 is 1.07 bits per heavy atom. The topological polar surface area (TPSA) is 59.3 Å². The van der Waals surface area contributed by atoms with Gasteiger partial charge in [-0.2, -0.15) is 10.2 Å². The van der Waals surface area contributed by atoms with Gasteiger partial charge in [-0.15, -0.1) is 0 Å². The smallest absolute Gasteiger partial charge is 0.267 e. The van der Waals surface area contributed by atoms with Crippen molar-refractivity contribution in [1.82, 2.24) is 15.2 Å². The SMILES string of the molecule is Cc1nn(Cc2c(Cl)cccc2Cl)c(Cl)c1/C=N/NC(=O)c1ccccc1Cl. The maximum atomic E-state index is 12.2. The van der Waals surface area contributed by atoms with E-state index in [2.05, 4.69) is 15.6 Å². The van der Waals surface area contributed by atoms with Gasteiger partial charge in [0.25, 0.3) is 5.91 Å². The van der Waals surface area contributed by atoms with Crippen molar-refractivity contribution in [2.75, 3.05) is 0 Å². The predicted molar refractivity (Wildman–Crippen MR) is 114 cm³/mol. The Hall–Kier alpha value is -2.05. The van der Waals surface area contributed by atoms with Gasteiger partial charge in [-0.05, 0) is 31.2 Å². The van der Waals surface area contributed by atoms with Gasteiger partial charge in [0, 0.05) is 15.6 Å². The zero-order chi connectivity index (χ0) is 20.3. The van der Waals surface area contributed by atoms with Gasteiger partial charge in [-0.1, -0.05) is 64.6 Å². The van der Waals surface area contributed by atoms with Crippen LogP contribution in [0.15, 0.2) is 47.6 Å². The molecule has 0 fully saturated rings. The normalized spacial score (nSPS) is 11.2. The molecule has 3 rings (SSSR count). The van der Waals surface area contributed by atoms with Crippen molar-refractivity contribution in [1.29, 1.82) is 0 Å². The predicted octanol–water partition coefficient (Wildman–Crippen LogP) is 5.62. The molecule has 1 aromatic heterocycles. The zero-order valence-corrected chi connectivity index (χ0v) is 17.6. The van der Waals surface area contributed by atoms with Crippen LogP contribution in [0.2, 0.25) is 20.2 Å². The van der Waals surface area contributed by atoms with Crippen LogP contribution in [0.1, 0.15) is 27.2 Å². The fourth-order valence-corrected chi connectivity index (χ4v) is 3.53. The number of hydrazone groups is 1. The number of nitrogens with one attached hydrogen (secondary N) is 1. The summed E-state index contributed by atoms with van der Waals surface area (Å²) in [5.41, 5.74) is 4.68. The average molecular weight is 456 g/mol. The van der Waals surface area contributed by atoms with Gasteiger partial charge in [-0.3, -0.25) is 4.79 Å². The highest BCUT2D eigenvalue weighted by molar-refractivity contribution is 6.36. The molecular weight excluding hydrogens is 442 g/mol. The van der Waals surface area contributed by atoms with E-state index in [9.17, 15) is 4.79 Å². The molecule has 28 heavy (non-hydrogen) atoms. The highest BCUT2D eigenvalue weighted by atomic mass is 35.5. The van der Waals surface area contributed by atoms with Gasteiger partial charge in [-0.25, -0.2) is 10.1 Å². The molecule has 0 bridgehead atoms. The van der Waals surface area contributed by atoms with Crippen LogP contribution < -0.4 is 5.43 Å². The molecule has 1 N–H and O–H groups in total. The van der Waals surface area contributed by atoms with Crippen molar-refractivity contribution in [2.24, 2.45) is 5.10 Å². The molecule has 0 radical (unpaired) electrons. The van der Waals surface area contributed by atoms with Gasteiger partial charge in [0.2, 0.25) is 0 Å². The number of carbonyl (C=O) groups is 1. The van der Waals surface area contributed by atoms with E-state index in [1.807, 2.05) is 0 Å². The zero-order valence-electron chi connectivity index (χ0n) is 14.6. The third-order valence-corrected chi connectivity index (χ3v) is 5.39. The molecule has 0 aliphatic rings. The quantitative estimate of drug-likeness (QED) is 0.401. The number of nitrogens with zero attached hydrogens (tertiary/aromatic N) is 3. The highest BCUT2D eigenvalue weighted by Crippen LogP contribution is 2.27. The van der Waals surface area contributed by atoms with Crippen molar-refractivity contribution in [2.45, 2.75) is 13.5 Å². The van der Waals surface area contributed by atoms with Gasteiger partial charge in [0.1, 0.15) is 5.15 Å². The largest absolute Gasteiger partial charge is 0.272 e. The molecule has 0 saturated carbocycles. The van der Waals surface area contributed by atoms with Crippen molar-refractivity contribution in [3.63, 3.8) is 0 Å². The lowest BCUT2D eigenvalue weighted by molar-refractivity contribution is 0.0955. The van der Waals surface area contributed by atoms with Gasteiger partial charge < -0.3 is 0 Å². The first-order valence-electron chi connectivity index (χ1n) is 8.12. The summed E-state index contributed by atoms with van der Waals surface area (Å²) in [6, 6.07) is 12.0. The summed E-state index contributed by atoms with van der Waals surface area (Å²) in [7, 11) is 0. The van der Waals surface area contributed by atoms with Crippen molar-refractivity contribution in [3.8, 4) is 0 Å². The van der Waals surface area contributed by atoms with Crippen LogP contribution in [0.4, 0.5) is 0 Å². The lowest BCUT2D eigenvalue weighted by Gasteiger charge is -2.08. The maximum Gasteiger partial charge on any atom is 0.272 e. The molecule has 2 aromatic carbocycles. The van der Waals surface area contributed by atoms with Crippen LogP contribution in [-0.4, -0.2) is 21.9 Å². The second kappa shape index (κ2) is 8.97. The monoisotopic (exact) mass is 454 g/mol. The Labute approximate surface area is 181 Å². The Kier molecular flexibility index (Phi) is 6.62. The molecular formula is C19H14Cl4N4O. The summed E-state index contributed by atoms with van der Waals surface area (Å²) in [5.74, 6) is -0.425. The van der Waals surface area contributed by atoms with Crippen molar-refractivity contribution in [3.05, 3.63) is 85.1 Å².